The van der Waals surface area contributed by atoms with Crippen molar-refractivity contribution in [1.82, 2.24) is 9.38 Å². The van der Waals surface area contributed by atoms with Crippen molar-refractivity contribution in [3.63, 3.8) is 0 Å². The van der Waals surface area contributed by atoms with Crippen LogP contribution in [0, 0.1) is 5.82 Å². The molecule has 0 aliphatic heterocycles. The summed E-state index contributed by atoms with van der Waals surface area (Å²) in [6.45, 7) is 1.75. The van der Waals surface area contributed by atoms with Crippen LogP contribution >= 0.6 is 0 Å². The first-order valence-electron chi connectivity index (χ1n) is 7.44. The lowest BCUT2D eigenvalue weighted by molar-refractivity contribution is -0.137. The number of imidazole rings is 1. The second kappa shape index (κ2) is 6.19. The van der Waals surface area contributed by atoms with E-state index in [9.17, 15) is 22.4 Å². The molecule has 0 unspecified atom stereocenters. The molecule has 0 aliphatic carbocycles. The summed E-state index contributed by atoms with van der Waals surface area (Å²) in [7, 11) is 0. The molecule has 0 atom stereocenters. The minimum atomic E-state index is -4.53. The minimum Gasteiger partial charge on any atom is -0.321 e. The lowest BCUT2D eigenvalue weighted by Gasteiger charge is -2.09. The Morgan fingerprint density at radius 2 is 1.84 bits per heavy atom. The molecule has 0 bridgehead atoms. The van der Waals surface area contributed by atoms with Gasteiger partial charge >= 0.3 is 6.18 Å². The van der Waals surface area contributed by atoms with Crippen LogP contribution in [0.4, 0.5) is 23.2 Å². The average molecular weight is 351 g/mol. The molecule has 0 spiro atoms. The van der Waals surface area contributed by atoms with Gasteiger partial charge in [0.2, 0.25) is 0 Å². The van der Waals surface area contributed by atoms with Crippen molar-refractivity contribution in [3.8, 4) is 0 Å². The Morgan fingerprint density at radius 3 is 2.44 bits per heavy atom. The molecular weight excluding hydrogens is 338 g/mol. The summed E-state index contributed by atoms with van der Waals surface area (Å²) in [6, 6.07) is 7.21. The van der Waals surface area contributed by atoms with Crippen LogP contribution in [0.1, 0.15) is 28.7 Å². The third kappa shape index (κ3) is 3.33. The zero-order valence-corrected chi connectivity index (χ0v) is 13.1. The topological polar surface area (TPSA) is 46.4 Å². The van der Waals surface area contributed by atoms with Gasteiger partial charge in [-0.15, -0.1) is 0 Å². The van der Waals surface area contributed by atoms with Gasteiger partial charge in [-0.1, -0.05) is 6.92 Å². The number of aromatic nitrogens is 2. The molecule has 130 valence electrons. The van der Waals surface area contributed by atoms with Crippen molar-refractivity contribution in [2.45, 2.75) is 19.5 Å². The van der Waals surface area contributed by atoms with E-state index in [2.05, 4.69) is 10.3 Å². The molecular formula is C17H13F4N3O. The van der Waals surface area contributed by atoms with Crippen molar-refractivity contribution >= 4 is 17.2 Å². The molecule has 2 heterocycles. The second-order valence-electron chi connectivity index (χ2n) is 5.37. The smallest absolute Gasteiger partial charge is 0.321 e. The number of benzene rings is 1. The molecule has 0 fully saturated rings. The number of rotatable bonds is 3. The van der Waals surface area contributed by atoms with E-state index in [1.54, 1.807) is 6.92 Å². The quantitative estimate of drug-likeness (QED) is 0.715. The van der Waals surface area contributed by atoms with Crippen LogP contribution in [0.3, 0.4) is 0 Å². The lowest BCUT2D eigenvalue weighted by atomic mass is 10.2. The van der Waals surface area contributed by atoms with Crippen molar-refractivity contribution < 1.29 is 22.4 Å². The summed E-state index contributed by atoms with van der Waals surface area (Å²) < 4.78 is 52.9. The van der Waals surface area contributed by atoms with Crippen LogP contribution in [0.5, 0.6) is 0 Å². The van der Waals surface area contributed by atoms with Crippen LogP contribution in [-0.2, 0) is 12.6 Å². The number of hydrogen-bond donors (Lipinski definition) is 1. The number of nitrogens with one attached hydrogen (secondary N) is 1. The molecule has 1 aromatic carbocycles. The van der Waals surface area contributed by atoms with Crippen molar-refractivity contribution in [2.24, 2.45) is 0 Å². The van der Waals surface area contributed by atoms with E-state index in [0.29, 0.717) is 17.8 Å². The Bertz CT molecular complexity index is 929. The molecule has 4 nitrogen and oxygen atoms in total. The number of carbonyl (C=O) groups excluding carboxylic acids is 1. The number of pyridine rings is 1. The normalized spacial score (nSPS) is 11.7. The number of anilines is 1. The number of alkyl halides is 3. The Balaban J connectivity index is 2.06. The van der Waals surface area contributed by atoms with Gasteiger partial charge in [0.05, 0.1) is 11.3 Å². The van der Waals surface area contributed by atoms with E-state index >= 15 is 0 Å². The fourth-order valence-corrected chi connectivity index (χ4v) is 2.47. The van der Waals surface area contributed by atoms with Gasteiger partial charge in [-0.2, -0.15) is 13.2 Å². The van der Waals surface area contributed by atoms with Crippen molar-refractivity contribution in [3.05, 3.63) is 65.4 Å². The zero-order valence-electron chi connectivity index (χ0n) is 13.1. The Kier molecular flexibility index (Phi) is 4.20. The lowest BCUT2D eigenvalue weighted by Crippen LogP contribution is -2.17. The highest BCUT2D eigenvalue weighted by atomic mass is 19.4. The Labute approximate surface area is 140 Å². The number of hydrogen-bond acceptors (Lipinski definition) is 2. The second-order valence-corrected chi connectivity index (χ2v) is 5.37. The van der Waals surface area contributed by atoms with Gasteiger partial charge in [0, 0.05) is 11.9 Å². The van der Waals surface area contributed by atoms with E-state index in [1.807, 2.05) is 0 Å². The molecule has 3 rings (SSSR count). The fourth-order valence-electron chi connectivity index (χ4n) is 2.47. The highest BCUT2D eigenvalue weighted by Gasteiger charge is 2.31. The summed E-state index contributed by atoms with van der Waals surface area (Å²) in [6.07, 6.45) is -3.31. The third-order valence-corrected chi connectivity index (χ3v) is 3.67. The van der Waals surface area contributed by atoms with Gasteiger partial charge in [-0.25, -0.2) is 9.37 Å². The summed E-state index contributed by atoms with van der Waals surface area (Å²) in [4.78, 5) is 16.8. The summed E-state index contributed by atoms with van der Waals surface area (Å²) >= 11 is 0. The standard InChI is InChI=1S/C17H13F4N3O/c1-2-13-15(16(25)22-12-6-4-11(18)5-7-12)24-9-10(17(19,20)21)3-8-14(24)23-13/h3-9H,2H2,1H3,(H,22,25). The average Bonchev–Trinajstić information content (AvgIpc) is 2.94. The maximum absolute atomic E-state index is 13.0. The summed E-state index contributed by atoms with van der Waals surface area (Å²) in [5, 5.41) is 2.55. The SMILES string of the molecule is CCc1nc2ccc(C(F)(F)F)cn2c1C(=O)Nc1ccc(F)cc1. The highest BCUT2D eigenvalue weighted by molar-refractivity contribution is 6.04. The molecule has 3 aromatic rings. The van der Waals surface area contributed by atoms with E-state index < -0.39 is 23.5 Å². The number of aryl methyl sites for hydroxylation is 1. The van der Waals surface area contributed by atoms with Crippen LogP contribution in [-0.4, -0.2) is 15.3 Å². The first-order valence-corrected chi connectivity index (χ1v) is 7.44. The maximum Gasteiger partial charge on any atom is 0.417 e. The molecule has 8 heteroatoms. The molecule has 1 amide bonds. The number of amides is 1. The monoisotopic (exact) mass is 351 g/mol. The van der Waals surface area contributed by atoms with Gasteiger partial charge in [0.1, 0.15) is 17.2 Å². The minimum absolute atomic E-state index is 0.0212. The van der Waals surface area contributed by atoms with Gasteiger partial charge in [-0.05, 0) is 42.8 Å². The van der Waals surface area contributed by atoms with Crippen LogP contribution < -0.4 is 5.32 Å². The maximum atomic E-state index is 13.0. The number of carbonyl (C=O) groups is 1. The summed E-state index contributed by atoms with van der Waals surface area (Å²) in [5.74, 6) is -1.08. The van der Waals surface area contributed by atoms with Crippen molar-refractivity contribution in [1.29, 1.82) is 0 Å². The van der Waals surface area contributed by atoms with Crippen LogP contribution in [0.15, 0.2) is 42.6 Å². The third-order valence-electron chi connectivity index (χ3n) is 3.67. The largest absolute Gasteiger partial charge is 0.417 e. The predicted octanol–water partition coefficient (Wildman–Crippen LogP) is 4.31. The molecule has 1 N–H and O–H groups in total. The van der Waals surface area contributed by atoms with E-state index in [1.165, 1.54) is 30.3 Å². The van der Waals surface area contributed by atoms with Crippen LogP contribution in [0.25, 0.3) is 5.65 Å². The van der Waals surface area contributed by atoms with Gasteiger partial charge in [0.25, 0.3) is 5.91 Å². The van der Waals surface area contributed by atoms with E-state index in [0.717, 1.165) is 16.7 Å². The van der Waals surface area contributed by atoms with E-state index in [-0.39, 0.29) is 11.3 Å². The number of halogens is 4. The summed E-state index contributed by atoms with van der Waals surface area (Å²) in [5.41, 5.74) is 0.0900. The van der Waals surface area contributed by atoms with Gasteiger partial charge in [-0.3, -0.25) is 9.20 Å². The van der Waals surface area contributed by atoms with Gasteiger partial charge < -0.3 is 5.32 Å². The van der Waals surface area contributed by atoms with Crippen molar-refractivity contribution in [2.75, 3.05) is 5.32 Å². The Hall–Kier alpha value is -2.90. The number of fused-ring (bicyclic) bond motifs is 1. The molecule has 25 heavy (non-hydrogen) atoms. The number of nitrogens with zero attached hydrogens (tertiary/aromatic N) is 2. The van der Waals surface area contributed by atoms with E-state index in [4.69, 9.17) is 0 Å². The molecule has 0 saturated carbocycles. The first-order chi connectivity index (χ1) is 11.8. The highest BCUT2D eigenvalue weighted by Crippen LogP contribution is 2.30. The first kappa shape index (κ1) is 16.9. The predicted molar refractivity (Wildman–Crippen MR) is 83.9 cm³/mol. The Morgan fingerprint density at radius 1 is 1.16 bits per heavy atom. The zero-order chi connectivity index (χ0) is 18.2. The van der Waals surface area contributed by atoms with Crippen LogP contribution in [0.2, 0.25) is 0 Å². The molecule has 0 radical (unpaired) electrons. The molecule has 0 aliphatic rings. The molecule has 2 aromatic heterocycles. The molecule has 0 saturated heterocycles. The fraction of sp³-hybridized carbons (Fsp3) is 0.176. The van der Waals surface area contributed by atoms with Gasteiger partial charge in [0.15, 0.2) is 0 Å².